The number of benzene rings is 2. The number of thiazole rings is 1. The van der Waals surface area contributed by atoms with Crippen LogP contribution >= 0.6 is 34.4 Å². The molecule has 0 spiro atoms. The maximum absolute atomic E-state index is 12.6. The molecule has 4 aromatic rings. The average Bonchev–Trinajstić information content (AvgIpc) is 3.47. The van der Waals surface area contributed by atoms with E-state index in [4.69, 9.17) is 0 Å². The lowest BCUT2D eigenvalue weighted by atomic mass is 10.1. The van der Waals surface area contributed by atoms with Crippen molar-refractivity contribution in [3.63, 3.8) is 0 Å². The zero-order valence-electron chi connectivity index (χ0n) is 17.5. The quantitative estimate of drug-likeness (QED) is 0.295. The van der Waals surface area contributed by atoms with Gasteiger partial charge in [-0.2, -0.15) is 0 Å². The van der Waals surface area contributed by atoms with Gasteiger partial charge in [0.1, 0.15) is 0 Å². The van der Waals surface area contributed by atoms with Crippen molar-refractivity contribution in [3.05, 3.63) is 82.6 Å². The lowest BCUT2D eigenvalue weighted by molar-refractivity contribution is -0.115. The Morgan fingerprint density at radius 1 is 0.969 bits per heavy atom. The Balaban J connectivity index is 1.32. The van der Waals surface area contributed by atoms with Gasteiger partial charge in [-0.1, -0.05) is 24.3 Å². The Morgan fingerprint density at radius 3 is 2.47 bits per heavy atom. The fourth-order valence-electron chi connectivity index (χ4n) is 2.98. The summed E-state index contributed by atoms with van der Waals surface area (Å²) in [6, 6.07) is 19.0. The summed E-state index contributed by atoms with van der Waals surface area (Å²) in [5.74, 6) is -0.236. The van der Waals surface area contributed by atoms with E-state index in [1.165, 1.54) is 23.1 Å². The van der Waals surface area contributed by atoms with Crippen LogP contribution in [-0.4, -0.2) is 22.0 Å². The van der Waals surface area contributed by atoms with Crippen LogP contribution in [0.15, 0.2) is 76.3 Å². The fraction of sp³-hybridized carbons (Fsp3) is 0.125. The second kappa shape index (κ2) is 10.1. The average molecular weight is 480 g/mol. The number of amides is 2. The Labute approximate surface area is 198 Å². The predicted molar refractivity (Wildman–Crippen MR) is 135 cm³/mol. The third kappa shape index (κ3) is 5.45. The van der Waals surface area contributed by atoms with Crippen molar-refractivity contribution in [3.8, 4) is 10.6 Å². The number of carbonyl (C=O) groups excluding carboxylic acids is 2. The standard InChI is InChI=1S/C24H21N3O2S3/c1-15-6-3-4-7-19(15)23(29)25-17-9-11-18(12-10-17)32-16(2)22(28)27-24-26-20(14-31-24)21-8-5-13-30-21/h3-14,16H,1-2H3,(H,25,29)(H,26,27,28). The van der Waals surface area contributed by atoms with Gasteiger partial charge in [0.25, 0.3) is 5.91 Å². The van der Waals surface area contributed by atoms with E-state index in [-0.39, 0.29) is 17.1 Å². The van der Waals surface area contributed by atoms with Crippen LogP contribution in [0, 0.1) is 6.92 Å². The topological polar surface area (TPSA) is 71.1 Å². The molecule has 1 atom stereocenters. The summed E-state index contributed by atoms with van der Waals surface area (Å²) in [7, 11) is 0. The monoisotopic (exact) mass is 479 g/mol. The zero-order valence-corrected chi connectivity index (χ0v) is 19.9. The Hall–Kier alpha value is -2.94. The number of rotatable bonds is 7. The van der Waals surface area contributed by atoms with Crippen LogP contribution in [0.1, 0.15) is 22.8 Å². The van der Waals surface area contributed by atoms with Gasteiger partial charge in [0.2, 0.25) is 5.91 Å². The van der Waals surface area contributed by atoms with Crippen LogP contribution in [0.25, 0.3) is 10.6 Å². The summed E-state index contributed by atoms with van der Waals surface area (Å²) < 4.78 is 0. The van der Waals surface area contributed by atoms with Crippen LogP contribution in [0.4, 0.5) is 10.8 Å². The highest BCUT2D eigenvalue weighted by molar-refractivity contribution is 8.00. The molecule has 2 heterocycles. The normalized spacial score (nSPS) is 11.7. The molecule has 0 saturated heterocycles. The number of nitrogens with zero attached hydrogens (tertiary/aromatic N) is 1. The Bertz CT molecular complexity index is 1220. The third-order valence-electron chi connectivity index (χ3n) is 4.69. The van der Waals surface area contributed by atoms with E-state index < -0.39 is 0 Å². The molecular weight excluding hydrogens is 458 g/mol. The van der Waals surface area contributed by atoms with Gasteiger partial charge in [-0.3, -0.25) is 9.59 Å². The number of anilines is 2. The molecule has 0 bridgehead atoms. The van der Waals surface area contributed by atoms with Gasteiger partial charge in [-0.25, -0.2) is 4.98 Å². The van der Waals surface area contributed by atoms with Crippen LogP contribution in [0.3, 0.4) is 0 Å². The molecule has 5 nitrogen and oxygen atoms in total. The van der Waals surface area contributed by atoms with Crippen molar-refractivity contribution < 1.29 is 9.59 Å². The van der Waals surface area contributed by atoms with Crippen molar-refractivity contribution in [1.29, 1.82) is 0 Å². The molecular formula is C24H21N3O2S3. The molecule has 2 amide bonds. The van der Waals surface area contributed by atoms with Crippen LogP contribution in [-0.2, 0) is 4.79 Å². The number of hydrogen-bond acceptors (Lipinski definition) is 6. The maximum Gasteiger partial charge on any atom is 0.255 e. The predicted octanol–water partition coefficient (Wildman–Crippen LogP) is 6.55. The largest absolute Gasteiger partial charge is 0.322 e. The number of hydrogen-bond donors (Lipinski definition) is 2. The first-order chi connectivity index (χ1) is 15.5. The summed E-state index contributed by atoms with van der Waals surface area (Å²) in [6.45, 7) is 3.78. The van der Waals surface area contributed by atoms with Crippen molar-refractivity contribution in [1.82, 2.24) is 4.98 Å². The van der Waals surface area contributed by atoms with Gasteiger partial charge in [-0.15, -0.1) is 34.4 Å². The molecule has 4 rings (SSSR count). The first-order valence-corrected chi connectivity index (χ1v) is 12.6. The van der Waals surface area contributed by atoms with E-state index >= 15 is 0 Å². The minimum atomic E-state index is -0.295. The van der Waals surface area contributed by atoms with Gasteiger partial charge in [0.15, 0.2) is 5.13 Å². The molecule has 8 heteroatoms. The molecule has 0 fully saturated rings. The number of thioether (sulfide) groups is 1. The zero-order chi connectivity index (χ0) is 22.5. The molecule has 0 aliphatic carbocycles. The lowest BCUT2D eigenvalue weighted by Gasteiger charge is -2.11. The van der Waals surface area contributed by atoms with Crippen molar-refractivity contribution in [2.75, 3.05) is 10.6 Å². The fourth-order valence-corrected chi connectivity index (χ4v) is 5.32. The molecule has 162 valence electrons. The molecule has 0 aliphatic heterocycles. The van der Waals surface area contributed by atoms with E-state index in [2.05, 4.69) is 15.6 Å². The van der Waals surface area contributed by atoms with Gasteiger partial charge in [-0.05, 0) is 61.2 Å². The van der Waals surface area contributed by atoms with E-state index in [1.807, 2.05) is 79.2 Å². The van der Waals surface area contributed by atoms with Gasteiger partial charge < -0.3 is 10.6 Å². The molecule has 1 unspecified atom stereocenters. The van der Waals surface area contributed by atoms with Crippen LogP contribution in [0.2, 0.25) is 0 Å². The smallest absolute Gasteiger partial charge is 0.255 e. The Morgan fingerprint density at radius 2 is 1.75 bits per heavy atom. The summed E-state index contributed by atoms with van der Waals surface area (Å²) >= 11 is 4.50. The van der Waals surface area contributed by atoms with Crippen molar-refractivity contribution in [2.24, 2.45) is 0 Å². The summed E-state index contributed by atoms with van der Waals surface area (Å²) in [6.07, 6.45) is 0. The van der Waals surface area contributed by atoms with Crippen molar-refractivity contribution >= 4 is 57.1 Å². The van der Waals surface area contributed by atoms with Crippen molar-refractivity contribution in [2.45, 2.75) is 24.0 Å². The summed E-state index contributed by atoms with van der Waals surface area (Å²) in [5, 5.41) is 10.1. The first kappa shape index (κ1) is 22.3. The highest BCUT2D eigenvalue weighted by Crippen LogP contribution is 2.30. The number of thiophene rings is 1. The minimum Gasteiger partial charge on any atom is -0.322 e. The molecule has 2 N–H and O–H groups in total. The summed E-state index contributed by atoms with van der Waals surface area (Å²) in [5.41, 5.74) is 3.17. The van der Waals surface area contributed by atoms with Gasteiger partial charge in [0, 0.05) is 21.5 Å². The van der Waals surface area contributed by atoms with Gasteiger partial charge >= 0.3 is 0 Å². The van der Waals surface area contributed by atoms with E-state index in [9.17, 15) is 9.59 Å². The summed E-state index contributed by atoms with van der Waals surface area (Å²) in [4.78, 5) is 31.6. The highest BCUT2D eigenvalue weighted by Gasteiger charge is 2.17. The lowest BCUT2D eigenvalue weighted by Crippen LogP contribution is -2.22. The molecule has 0 radical (unpaired) electrons. The maximum atomic E-state index is 12.6. The van der Waals surface area contributed by atoms with Crippen LogP contribution < -0.4 is 10.6 Å². The second-order valence-electron chi connectivity index (χ2n) is 7.06. The van der Waals surface area contributed by atoms with Crippen LogP contribution in [0.5, 0.6) is 0 Å². The number of carbonyl (C=O) groups is 2. The molecule has 2 aromatic carbocycles. The number of aromatic nitrogens is 1. The van der Waals surface area contributed by atoms with E-state index in [0.29, 0.717) is 16.4 Å². The van der Waals surface area contributed by atoms with E-state index in [0.717, 1.165) is 21.0 Å². The Kier molecular flexibility index (Phi) is 7.04. The third-order valence-corrected chi connectivity index (χ3v) is 7.45. The van der Waals surface area contributed by atoms with E-state index in [1.54, 1.807) is 17.4 Å². The molecule has 32 heavy (non-hydrogen) atoms. The number of aryl methyl sites for hydroxylation is 1. The number of nitrogens with one attached hydrogen (secondary N) is 2. The SMILES string of the molecule is Cc1ccccc1C(=O)Nc1ccc(SC(C)C(=O)Nc2nc(-c3cccs3)cs2)cc1. The minimum absolute atomic E-state index is 0.0981. The first-order valence-electron chi connectivity index (χ1n) is 9.93. The highest BCUT2D eigenvalue weighted by atomic mass is 32.2. The molecule has 2 aromatic heterocycles. The molecule has 0 aliphatic rings. The van der Waals surface area contributed by atoms with Gasteiger partial charge in [0.05, 0.1) is 15.8 Å². The molecule has 0 saturated carbocycles. The second-order valence-corrected chi connectivity index (χ2v) is 10.3.